The minimum absolute atomic E-state index is 0. The van der Waals surface area contributed by atoms with E-state index in [9.17, 15) is 4.79 Å². The van der Waals surface area contributed by atoms with Crippen molar-refractivity contribution in [3.63, 3.8) is 0 Å². The van der Waals surface area contributed by atoms with Crippen molar-refractivity contribution in [2.24, 2.45) is 5.73 Å². The molecule has 0 amide bonds. The second-order valence-corrected chi connectivity index (χ2v) is 3.64. The highest BCUT2D eigenvalue weighted by Gasteiger charge is 2.14. The van der Waals surface area contributed by atoms with Crippen molar-refractivity contribution in [3.05, 3.63) is 35.4 Å². The first-order valence-corrected chi connectivity index (χ1v) is 5.24. The van der Waals surface area contributed by atoms with Crippen LogP contribution in [0.4, 0.5) is 0 Å². The van der Waals surface area contributed by atoms with Gasteiger partial charge in [-0.3, -0.25) is 0 Å². The number of aromatic carboxylic acids is 1. The van der Waals surface area contributed by atoms with Crippen molar-refractivity contribution in [2.75, 3.05) is 0 Å². The quantitative estimate of drug-likeness (QED) is 0.836. The number of carboxylic acid groups (broad SMARTS) is 1. The van der Waals surface area contributed by atoms with Crippen LogP contribution in [0.25, 0.3) is 0 Å². The van der Waals surface area contributed by atoms with Gasteiger partial charge in [0.05, 0.1) is 5.56 Å². The van der Waals surface area contributed by atoms with E-state index in [2.05, 4.69) is 6.92 Å². The topological polar surface area (TPSA) is 63.3 Å². The lowest BCUT2D eigenvalue weighted by Gasteiger charge is -2.13. The Morgan fingerprint density at radius 1 is 1.44 bits per heavy atom. The third kappa shape index (κ3) is 3.83. The fraction of sp³-hybridized carbons (Fsp3) is 0.417. The lowest BCUT2D eigenvalue weighted by Crippen LogP contribution is -2.14. The Morgan fingerprint density at radius 3 is 2.62 bits per heavy atom. The van der Waals surface area contributed by atoms with Crippen molar-refractivity contribution in [1.29, 1.82) is 0 Å². The molecule has 1 rings (SSSR count). The summed E-state index contributed by atoms with van der Waals surface area (Å²) in [5.74, 6) is -0.905. The van der Waals surface area contributed by atoms with Gasteiger partial charge in [0.15, 0.2) is 0 Å². The number of benzene rings is 1. The Morgan fingerprint density at radius 2 is 2.06 bits per heavy atom. The van der Waals surface area contributed by atoms with Crippen molar-refractivity contribution in [2.45, 2.75) is 32.2 Å². The molecule has 0 saturated carbocycles. The van der Waals surface area contributed by atoms with Gasteiger partial charge in [-0.2, -0.15) is 0 Å². The second-order valence-electron chi connectivity index (χ2n) is 3.64. The fourth-order valence-electron chi connectivity index (χ4n) is 1.59. The van der Waals surface area contributed by atoms with Crippen LogP contribution in [0.3, 0.4) is 0 Å². The fourth-order valence-corrected chi connectivity index (χ4v) is 1.59. The first-order valence-electron chi connectivity index (χ1n) is 5.24. The Labute approximate surface area is 102 Å². The van der Waals surface area contributed by atoms with E-state index in [1.54, 1.807) is 18.2 Å². The molecule has 0 bridgehead atoms. The highest BCUT2D eigenvalue weighted by Crippen LogP contribution is 2.20. The predicted octanol–water partition coefficient (Wildman–Crippen LogP) is 3.00. The molecule has 0 fully saturated rings. The van der Waals surface area contributed by atoms with Crippen LogP contribution < -0.4 is 5.73 Å². The molecule has 0 unspecified atom stereocenters. The minimum Gasteiger partial charge on any atom is -0.478 e. The van der Waals surface area contributed by atoms with Crippen LogP contribution in [0.5, 0.6) is 0 Å². The summed E-state index contributed by atoms with van der Waals surface area (Å²) in [4.78, 5) is 10.9. The average molecular weight is 244 g/mol. The number of halogens is 1. The van der Waals surface area contributed by atoms with Crippen molar-refractivity contribution in [3.8, 4) is 0 Å². The second kappa shape index (κ2) is 7.25. The summed E-state index contributed by atoms with van der Waals surface area (Å²) in [5.41, 5.74) is 7.01. The maximum absolute atomic E-state index is 10.9. The lowest BCUT2D eigenvalue weighted by molar-refractivity contribution is 0.0695. The highest BCUT2D eigenvalue weighted by molar-refractivity contribution is 5.89. The van der Waals surface area contributed by atoms with Gasteiger partial charge in [-0.25, -0.2) is 4.79 Å². The molecule has 0 aliphatic rings. The molecule has 1 atom stereocenters. The van der Waals surface area contributed by atoms with Gasteiger partial charge in [0, 0.05) is 6.04 Å². The number of carbonyl (C=O) groups is 1. The van der Waals surface area contributed by atoms with Crippen LogP contribution >= 0.6 is 12.4 Å². The zero-order valence-electron chi connectivity index (χ0n) is 9.35. The molecule has 0 spiro atoms. The first kappa shape index (κ1) is 14.9. The van der Waals surface area contributed by atoms with Crippen LogP contribution in [-0.4, -0.2) is 11.1 Å². The van der Waals surface area contributed by atoms with E-state index >= 15 is 0 Å². The van der Waals surface area contributed by atoms with E-state index in [1.807, 2.05) is 6.07 Å². The molecule has 90 valence electrons. The average Bonchev–Trinajstić information content (AvgIpc) is 2.25. The Hall–Kier alpha value is -1.06. The molecular formula is C12H18ClNO2. The molecule has 0 heterocycles. The van der Waals surface area contributed by atoms with Gasteiger partial charge in [0.25, 0.3) is 0 Å². The van der Waals surface area contributed by atoms with Crippen molar-refractivity contribution in [1.82, 2.24) is 0 Å². The zero-order valence-corrected chi connectivity index (χ0v) is 10.2. The number of rotatable bonds is 5. The van der Waals surface area contributed by atoms with E-state index in [4.69, 9.17) is 10.8 Å². The molecule has 3 nitrogen and oxygen atoms in total. The molecule has 1 aromatic rings. The normalized spacial score (nSPS) is 11.6. The Balaban J connectivity index is 0.00000225. The first-order chi connectivity index (χ1) is 7.16. The molecular weight excluding hydrogens is 226 g/mol. The van der Waals surface area contributed by atoms with Crippen molar-refractivity contribution >= 4 is 18.4 Å². The predicted molar refractivity (Wildman–Crippen MR) is 67.1 cm³/mol. The summed E-state index contributed by atoms with van der Waals surface area (Å²) < 4.78 is 0. The van der Waals surface area contributed by atoms with Gasteiger partial charge in [-0.15, -0.1) is 12.4 Å². The molecule has 0 radical (unpaired) electrons. The summed E-state index contributed by atoms with van der Waals surface area (Å²) in [5, 5.41) is 8.98. The van der Waals surface area contributed by atoms with E-state index in [0.29, 0.717) is 5.56 Å². The third-order valence-corrected chi connectivity index (χ3v) is 2.46. The molecule has 16 heavy (non-hydrogen) atoms. The number of hydrogen-bond acceptors (Lipinski definition) is 2. The van der Waals surface area contributed by atoms with Crippen LogP contribution in [0.2, 0.25) is 0 Å². The van der Waals surface area contributed by atoms with Crippen LogP contribution in [0.1, 0.15) is 48.1 Å². The monoisotopic (exact) mass is 243 g/mol. The molecule has 1 aromatic carbocycles. The van der Waals surface area contributed by atoms with Crippen molar-refractivity contribution < 1.29 is 9.90 Å². The van der Waals surface area contributed by atoms with Gasteiger partial charge in [-0.05, 0) is 18.1 Å². The molecule has 0 aliphatic carbocycles. The molecule has 4 heteroatoms. The number of nitrogens with two attached hydrogens (primary N) is 1. The third-order valence-electron chi connectivity index (χ3n) is 2.46. The standard InChI is InChI=1S/C12H17NO2.ClH/c1-2-3-8-11(13)9-6-4-5-7-10(9)12(14)15;/h4-7,11H,2-3,8,13H2,1H3,(H,14,15);1H/t11-;/m0./s1. The number of carboxylic acids is 1. The Bertz CT molecular complexity index is 342. The SMILES string of the molecule is CCCC[C@H](N)c1ccccc1C(=O)O.Cl. The van der Waals surface area contributed by atoms with Gasteiger partial charge in [0.1, 0.15) is 0 Å². The lowest BCUT2D eigenvalue weighted by atomic mass is 9.97. The highest BCUT2D eigenvalue weighted by atomic mass is 35.5. The van der Waals surface area contributed by atoms with Gasteiger partial charge in [0.2, 0.25) is 0 Å². The minimum atomic E-state index is -0.905. The van der Waals surface area contributed by atoms with Gasteiger partial charge >= 0.3 is 5.97 Å². The van der Waals surface area contributed by atoms with Crippen LogP contribution in [0.15, 0.2) is 24.3 Å². The molecule has 3 N–H and O–H groups in total. The van der Waals surface area contributed by atoms with Crippen LogP contribution in [0, 0.1) is 0 Å². The van der Waals surface area contributed by atoms with E-state index < -0.39 is 5.97 Å². The Kier molecular flexibility index (Phi) is 6.77. The summed E-state index contributed by atoms with van der Waals surface area (Å²) in [6.45, 7) is 2.09. The largest absolute Gasteiger partial charge is 0.478 e. The van der Waals surface area contributed by atoms with E-state index in [0.717, 1.165) is 24.8 Å². The van der Waals surface area contributed by atoms with Crippen LogP contribution in [-0.2, 0) is 0 Å². The summed E-state index contributed by atoms with van der Waals surface area (Å²) in [7, 11) is 0. The van der Waals surface area contributed by atoms with Gasteiger partial charge < -0.3 is 10.8 Å². The maximum atomic E-state index is 10.9. The summed E-state index contributed by atoms with van der Waals surface area (Å²) in [6, 6.07) is 6.78. The molecule has 0 aromatic heterocycles. The molecule has 0 aliphatic heterocycles. The summed E-state index contributed by atoms with van der Waals surface area (Å²) in [6.07, 6.45) is 2.93. The number of unbranched alkanes of at least 4 members (excludes halogenated alkanes) is 1. The zero-order chi connectivity index (χ0) is 11.3. The smallest absolute Gasteiger partial charge is 0.336 e. The maximum Gasteiger partial charge on any atom is 0.336 e. The number of hydrogen-bond donors (Lipinski definition) is 2. The van der Waals surface area contributed by atoms with E-state index in [-0.39, 0.29) is 18.4 Å². The summed E-state index contributed by atoms with van der Waals surface area (Å²) >= 11 is 0. The van der Waals surface area contributed by atoms with Gasteiger partial charge in [-0.1, -0.05) is 38.0 Å². The van der Waals surface area contributed by atoms with E-state index in [1.165, 1.54) is 0 Å². The molecule has 0 saturated heterocycles.